The van der Waals surface area contributed by atoms with Crippen LogP contribution in [0.3, 0.4) is 0 Å². The van der Waals surface area contributed by atoms with Crippen molar-refractivity contribution in [3.8, 4) is 17.1 Å². The molecule has 1 aromatic heterocycles. The Labute approximate surface area is 149 Å². The van der Waals surface area contributed by atoms with Gasteiger partial charge >= 0.3 is 0 Å². The minimum absolute atomic E-state index is 0.0253. The highest BCUT2D eigenvalue weighted by molar-refractivity contribution is 6.31. The number of benzene rings is 2. The summed E-state index contributed by atoms with van der Waals surface area (Å²) in [6.07, 6.45) is -0.0253. The second kappa shape index (κ2) is 7.36. The summed E-state index contributed by atoms with van der Waals surface area (Å²) in [4.78, 5) is 16.4. The third-order valence-electron chi connectivity index (χ3n) is 3.56. The molecule has 0 radical (unpaired) electrons. The molecule has 25 heavy (non-hydrogen) atoms. The molecule has 2 aromatic carbocycles. The third kappa shape index (κ3) is 4.16. The van der Waals surface area contributed by atoms with E-state index in [1.165, 1.54) is 0 Å². The number of halogens is 1. The van der Waals surface area contributed by atoms with E-state index in [0.29, 0.717) is 22.3 Å². The van der Waals surface area contributed by atoms with Gasteiger partial charge in [-0.2, -0.15) is 4.98 Å². The lowest BCUT2D eigenvalue weighted by Crippen LogP contribution is -2.14. The number of hydrogen-bond acceptors (Lipinski definition) is 5. The highest BCUT2D eigenvalue weighted by Crippen LogP contribution is 2.22. The first-order valence-electron chi connectivity index (χ1n) is 7.58. The number of carbonyl (C=O) groups is 1. The van der Waals surface area contributed by atoms with Crippen molar-refractivity contribution in [2.24, 2.45) is 0 Å². The van der Waals surface area contributed by atoms with Crippen molar-refractivity contribution in [1.82, 2.24) is 10.1 Å². The van der Waals surface area contributed by atoms with E-state index >= 15 is 0 Å². The van der Waals surface area contributed by atoms with Crippen molar-refractivity contribution in [3.63, 3.8) is 0 Å². The van der Waals surface area contributed by atoms with Gasteiger partial charge in [0.1, 0.15) is 12.2 Å². The molecule has 0 unspecified atom stereocenters. The van der Waals surface area contributed by atoms with Gasteiger partial charge in [0.15, 0.2) is 0 Å². The maximum Gasteiger partial charge on any atom is 0.236 e. The van der Waals surface area contributed by atoms with Crippen molar-refractivity contribution in [2.75, 3.05) is 12.4 Å². The van der Waals surface area contributed by atoms with Gasteiger partial charge in [-0.15, -0.1) is 0 Å². The molecule has 6 nitrogen and oxygen atoms in total. The summed E-state index contributed by atoms with van der Waals surface area (Å²) in [6, 6.07) is 12.6. The second-order valence-corrected chi connectivity index (χ2v) is 5.84. The topological polar surface area (TPSA) is 77.2 Å². The highest BCUT2D eigenvalue weighted by atomic mass is 35.5. The number of methoxy groups -OCH3 is 1. The molecule has 0 saturated heterocycles. The van der Waals surface area contributed by atoms with E-state index in [9.17, 15) is 4.79 Å². The molecule has 1 amide bonds. The average Bonchev–Trinajstić information content (AvgIpc) is 3.06. The molecule has 128 valence electrons. The van der Waals surface area contributed by atoms with Gasteiger partial charge in [0, 0.05) is 16.3 Å². The summed E-state index contributed by atoms with van der Waals surface area (Å²) in [5, 5.41) is 7.25. The van der Waals surface area contributed by atoms with Gasteiger partial charge in [-0.05, 0) is 36.8 Å². The summed E-state index contributed by atoms with van der Waals surface area (Å²) in [5.74, 6) is 1.06. The molecule has 0 atom stereocenters. The molecular formula is C18H16ClN3O3. The quantitative estimate of drug-likeness (QED) is 0.749. The summed E-state index contributed by atoms with van der Waals surface area (Å²) >= 11 is 6.05. The van der Waals surface area contributed by atoms with E-state index < -0.39 is 0 Å². The Morgan fingerprint density at radius 1 is 1.28 bits per heavy atom. The lowest BCUT2D eigenvalue weighted by molar-refractivity contribution is -0.115. The van der Waals surface area contributed by atoms with E-state index in [0.717, 1.165) is 11.1 Å². The van der Waals surface area contributed by atoms with Gasteiger partial charge < -0.3 is 14.6 Å². The number of ether oxygens (including phenoxy) is 1. The zero-order chi connectivity index (χ0) is 17.8. The van der Waals surface area contributed by atoms with Gasteiger partial charge in [-0.1, -0.05) is 35.0 Å². The Bertz CT molecular complexity index is 908. The van der Waals surface area contributed by atoms with Crippen LogP contribution in [0.25, 0.3) is 11.4 Å². The number of aryl methyl sites for hydroxylation is 1. The Morgan fingerprint density at radius 2 is 2.12 bits per heavy atom. The number of aromatic nitrogens is 2. The zero-order valence-corrected chi connectivity index (χ0v) is 14.5. The smallest absolute Gasteiger partial charge is 0.236 e. The highest BCUT2D eigenvalue weighted by Gasteiger charge is 2.13. The molecular weight excluding hydrogens is 342 g/mol. The number of amides is 1. The average molecular weight is 358 g/mol. The van der Waals surface area contributed by atoms with E-state index in [1.54, 1.807) is 25.3 Å². The number of hydrogen-bond donors (Lipinski definition) is 1. The van der Waals surface area contributed by atoms with Gasteiger partial charge in [0.25, 0.3) is 0 Å². The van der Waals surface area contributed by atoms with Crippen LogP contribution in [0.2, 0.25) is 5.02 Å². The lowest BCUT2D eigenvalue weighted by Gasteiger charge is -2.05. The van der Waals surface area contributed by atoms with E-state index in [2.05, 4.69) is 15.5 Å². The molecule has 0 fully saturated rings. The van der Waals surface area contributed by atoms with E-state index in [1.807, 2.05) is 31.2 Å². The molecule has 7 heteroatoms. The largest absolute Gasteiger partial charge is 0.497 e. The summed E-state index contributed by atoms with van der Waals surface area (Å²) in [7, 11) is 1.59. The first kappa shape index (κ1) is 17.0. The monoisotopic (exact) mass is 357 g/mol. The molecule has 0 saturated carbocycles. The number of nitrogens with zero attached hydrogens (tertiary/aromatic N) is 2. The van der Waals surface area contributed by atoms with E-state index in [-0.39, 0.29) is 18.2 Å². The van der Waals surface area contributed by atoms with Crippen molar-refractivity contribution < 1.29 is 14.1 Å². The van der Waals surface area contributed by atoms with Crippen LogP contribution in [-0.2, 0) is 11.2 Å². The maximum absolute atomic E-state index is 12.1. The van der Waals surface area contributed by atoms with Crippen molar-refractivity contribution in [2.45, 2.75) is 13.3 Å². The van der Waals surface area contributed by atoms with Gasteiger partial charge in [0.05, 0.1) is 7.11 Å². The van der Waals surface area contributed by atoms with Gasteiger partial charge in [-0.25, -0.2) is 0 Å². The van der Waals surface area contributed by atoms with Crippen molar-refractivity contribution >= 4 is 23.2 Å². The molecule has 0 aliphatic carbocycles. The second-order valence-electron chi connectivity index (χ2n) is 5.43. The molecule has 0 bridgehead atoms. The predicted molar refractivity (Wildman–Crippen MR) is 94.8 cm³/mol. The fourth-order valence-corrected chi connectivity index (χ4v) is 2.40. The predicted octanol–water partition coefficient (Wildman–Crippen LogP) is 3.89. The summed E-state index contributed by atoms with van der Waals surface area (Å²) in [5.41, 5.74) is 2.31. The van der Waals surface area contributed by atoms with Crippen LogP contribution in [0.15, 0.2) is 47.0 Å². The van der Waals surface area contributed by atoms with Crippen LogP contribution >= 0.6 is 11.6 Å². The Balaban J connectivity index is 1.68. The Hall–Kier alpha value is -2.86. The molecule has 1 N–H and O–H groups in total. The van der Waals surface area contributed by atoms with Crippen LogP contribution < -0.4 is 10.1 Å². The molecule has 3 rings (SSSR count). The normalized spacial score (nSPS) is 10.5. The standard InChI is InChI=1S/C18H16ClN3O3/c1-11-6-7-13(9-15(11)19)20-16(23)10-17-21-18(22-25-17)12-4-3-5-14(8-12)24-2/h3-9H,10H2,1-2H3,(H,20,23). The first-order chi connectivity index (χ1) is 12.0. The lowest BCUT2D eigenvalue weighted by atomic mass is 10.2. The number of carbonyl (C=O) groups excluding carboxylic acids is 1. The molecule has 1 heterocycles. The molecule has 0 aliphatic rings. The van der Waals surface area contributed by atoms with Gasteiger partial charge in [-0.3, -0.25) is 4.79 Å². The maximum atomic E-state index is 12.1. The van der Waals surface area contributed by atoms with Crippen LogP contribution in [0.4, 0.5) is 5.69 Å². The SMILES string of the molecule is COc1cccc(-c2noc(CC(=O)Nc3ccc(C)c(Cl)c3)n2)c1. The summed E-state index contributed by atoms with van der Waals surface area (Å²) < 4.78 is 10.3. The number of rotatable bonds is 5. The third-order valence-corrected chi connectivity index (χ3v) is 3.97. The van der Waals surface area contributed by atoms with Crippen molar-refractivity contribution in [3.05, 3.63) is 58.9 Å². The molecule has 0 spiro atoms. The van der Waals surface area contributed by atoms with Crippen LogP contribution in [0.5, 0.6) is 5.75 Å². The zero-order valence-electron chi connectivity index (χ0n) is 13.7. The molecule has 0 aliphatic heterocycles. The number of nitrogens with one attached hydrogen (secondary N) is 1. The summed E-state index contributed by atoms with van der Waals surface area (Å²) in [6.45, 7) is 1.90. The van der Waals surface area contributed by atoms with Crippen LogP contribution in [-0.4, -0.2) is 23.2 Å². The minimum atomic E-state index is -0.263. The fraction of sp³-hybridized carbons (Fsp3) is 0.167. The number of anilines is 1. The minimum Gasteiger partial charge on any atom is -0.497 e. The van der Waals surface area contributed by atoms with Gasteiger partial charge in [0.2, 0.25) is 17.6 Å². The Morgan fingerprint density at radius 3 is 2.88 bits per heavy atom. The Kier molecular flexibility index (Phi) is 5.00. The fourth-order valence-electron chi connectivity index (χ4n) is 2.22. The van der Waals surface area contributed by atoms with E-state index in [4.69, 9.17) is 20.9 Å². The van der Waals surface area contributed by atoms with Crippen molar-refractivity contribution in [1.29, 1.82) is 0 Å². The van der Waals surface area contributed by atoms with Crippen LogP contribution in [0.1, 0.15) is 11.5 Å². The van der Waals surface area contributed by atoms with Crippen LogP contribution in [0, 0.1) is 6.92 Å². The molecule has 3 aromatic rings. The first-order valence-corrected chi connectivity index (χ1v) is 7.96.